The van der Waals surface area contributed by atoms with Crippen LogP contribution in [0, 0.1) is 5.92 Å². The molecule has 2 unspecified atom stereocenters. The van der Waals surface area contributed by atoms with Crippen LogP contribution in [0.3, 0.4) is 0 Å². The topological polar surface area (TPSA) is 26.0 Å². The molecule has 2 N–H and O–H groups in total. The molecule has 0 aromatic carbocycles. The molecule has 78 valence electrons. The number of hydrogen-bond acceptors (Lipinski definition) is 1. The minimum absolute atomic E-state index is 0.188. The molecular formula is C12H25N. The molecular weight excluding hydrogens is 158 g/mol. The van der Waals surface area contributed by atoms with Crippen molar-refractivity contribution in [2.24, 2.45) is 11.7 Å². The quantitative estimate of drug-likeness (QED) is 0.663. The zero-order chi connectivity index (χ0) is 9.73. The van der Waals surface area contributed by atoms with Gasteiger partial charge in [-0.2, -0.15) is 0 Å². The van der Waals surface area contributed by atoms with Gasteiger partial charge in [-0.3, -0.25) is 0 Å². The predicted octanol–water partition coefficient (Wildman–Crippen LogP) is 3.47. The average molecular weight is 183 g/mol. The molecule has 2 atom stereocenters. The lowest BCUT2D eigenvalue weighted by Gasteiger charge is -2.39. The van der Waals surface area contributed by atoms with E-state index in [1.807, 2.05) is 0 Å². The Balaban J connectivity index is 2.33. The van der Waals surface area contributed by atoms with Crippen molar-refractivity contribution < 1.29 is 0 Å². The zero-order valence-corrected chi connectivity index (χ0v) is 9.31. The van der Waals surface area contributed by atoms with Crippen molar-refractivity contribution in [3.8, 4) is 0 Å². The highest BCUT2D eigenvalue weighted by molar-refractivity contribution is 4.91. The van der Waals surface area contributed by atoms with Crippen molar-refractivity contribution in [3.63, 3.8) is 0 Å². The summed E-state index contributed by atoms with van der Waals surface area (Å²) in [6.07, 6.45) is 10.6. The molecule has 0 bridgehead atoms. The normalized spacial score (nSPS) is 34.8. The van der Waals surface area contributed by atoms with Crippen LogP contribution in [-0.2, 0) is 0 Å². The molecule has 1 aliphatic carbocycles. The van der Waals surface area contributed by atoms with Crippen LogP contribution in [-0.4, -0.2) is 5.54 Å². The Morgan fingerprint density at radius 1 is 1.31 bits per heavy atom. The molecule has 13 heavy (non-hydrogen) atoms. The first kappa shape index (κ1) is 11.0. The van der Waals surface area contributed by atoms with Crippen molar-refractivity contribution in [2.75, 3.05) is 0 Å². The summed E-state index contributed by atoms with van der Waals surface area (Å²) in [6.45, 7) is 4.60. The highest BCUT2D eigenvalue weighted by Gasteiger charge is 2.33. The van der Waals surface area contributed by atoms with Gasteiger partial charge in [-0.05, 0) is 25.2 Å². The van der Waals surface area contributed by atoms with E-state index in [4.69, 9.17) is 5.73 Å². The molecule has 0 saturated heterocycles. The minimum Gasteiger partial charge on any atom is -0.325 e. The van der Waals surface area contributed by atoms with Crippen LogP contribution in [0.15, 0.2) is 0 Å². The summed E-state index contributed by atoms with van der Waals surface area (Å²) in [5.41, 5.74) is 6.63. The van der Waals surface area contributed by atoms with E-state index in [1.54, 1.807) is 0 Å². The maximum Gasteiger partial charge on any atom is 0.0180 e. The summed E-state index contributed by atoms with van der Waals surface area (Å²) < 4.78 is 0. The van der Waals surface area contributed by atoms with Gasteiger partial charge in [0.05, 0.1) is 0 Å². The maximum absolute atomic E-state index is 6.44. The predicted molar refractivity (Wildman–Crippen MR) is 58.7 cm³/mol. The summed E-state index contributed by atoms with van der Waals surface area (Å²) in [4.78, 5) is 0. The van der Waals surface area contributed by atoms with Gasteiger partial charge in [0.2, 0.25) is 0 Å². The lowest BCUT2D eigenvalue weighted by atomic mass is 9.72. The lowest BCUT2D eigenvalue weighted by Crippen LogP contribution is -2.47. The van der Waals surface area contributed by atoms with Crippen molar-refractivity contribution >= 4 is 0 Å². The molecule has 0 aromatic rings. The van der Waals surface area contributed by atoms with Gasteiger partial charge in [0.25, 0.3) is 0 Å². The van der Waals surface area contributed by atoms with Crippen LogP contribution in [0.25, 0.3) is 0 Å². The Kier molecular flexibility index (Phi) is 4.24. The van der Waals surface area contributed by atoms with Crippen molar-refractivity contribution in [3.05, 3.63) is 0 Å². The molecule has 0 radical (unpaired) electrons. The van der Waals surface area contributed by atoms with Crippen LogP contribution in [0.4, 0.5) is 0 Å². The third kappa shape index (κ3) is 2.98. The standard InChI is InChI=1S/C12H25N/c1-3-4-6-9-12(13)10-7-5-8-11(12)2/h11H,3-10,13H2,1-2H3. The summed E-state index contributed by atoms with van der Waals surface area (Å²) in [6, 6.07) is 0. The van der Waals surface area contributed by atoms with Gasteiger partial charge < -0.3 is 5.73 Å². The highest BCUT2D eigenvalue weighted by atomic mass is 14.8. The molecule has 1 saturated carbocycles. The minimum atomic E-state index is 0.188. The van der Waals surface area contributed by atoms with E-state index < -0.39 is 0 Å². The molecule has 1 heteroatoms. The molecule has 0 spiro atoms. The largest absolute Gasteiger partial charge is 0.325 e. The van der Waals surface area contributed by atoms with E-state index in [0.717, 1.165) is 5.92 Å². The van der Waals surface area contributed by atoms with E-state index in [1.165, 1.54) is 51.4 Å². The van der Waals surface area contributed by atoms with E-state index in [0.29, 0.717) is 0 Å². The molecule has 1 nitrogen and oxygen atoms in total. The van der Waals surface area contributed by atoms with Crippen LogP contribution in [0.5, 0.6) is 0 Å². The molecule has 0 amide bonds. The monoisotopic (exact) mass is 183 g/mol. The second-order valence-electron chi connectivity index (χ2n) is 4.84. The van der Waals surface area contributed by atoms with E-state index in [-0.39, 0.29) is 5.54 Å². The van der Waals surface area contributed by atoms with Crippen LogP contribution in [0.1, 0.15) is 65.2 Å². The van der Waals surface area contributed by atoms with Gasteiger partial charge in [0.15, 0.2) is 0 Å². The van der Waals surface area contributed by atoms with E-state index in [2.05, 4.69) is 13.8 Å². The number of hydrogen-bond donors (Lipinski definition) is 1. The number of unbranched alkanes of at least 4 members (excludes halogenated alkanes) is 2. The second kappa shape index (κ2) is 4.99. The third-order valence-corrected chi connectivity index (χ3v) is 3.76. The van der Waals surface area contributed by atoms with Gasteiger partial charge in [0, 0.05) is 5.54 Å². The molecule has 0 aromatic heterocycles. The van der Waals surface area contributed by atoms with Crippen LogP contribution < -0.4 is 5.73 Å². The van der Waals surface area contributed by atoms with E-state index >= 15 is 0 Å². The number of rotatable bonds is 4. The number of nitrogens with two attached hydrogens (primary N) is 1. The van der Waals surface area contributed by atoms with Gasteiger partial charge in [-0.15, -0.1) is 0 Å². The molecule has 1 fully saturated rings. The molecule has 0 heterocycles. The zero-order valence-electron chi connectivity index (χ0n) is 9.31. The van der Waals surface area contributed by atoms with Gasteiger partial charge in [-0.25, -0.2) is 0 Å². The van der Waals surface area contributed by atoms with Gasteiger partial charge >= 0.3 is 0 Å². The van der Waals surface area contributed by atoms with E-state index in [9.17, 15) is 0 Å². The van der Waals surface area contributed by atoms with Crippen LogP contribution >= 0.6 is 0 Å². The first-order valence-electron chi connectivity index (χ1n) is 5.98. The highest BCUT2D eigenvalue weighted by Crippen LogP contribution is 2.35. The van der Waals surface area contributed by atoms with Crippen LogP contribution in [0.2, 0.25) is 0 Å². The first-order valence-corrected chi connectivity index (χ1v) is 5.98. The van der Waals surface area contributed by atoms with Crippen molar-refractivity contribution in [1.82, 2.24) is 0 Å². The lowest BCUT2D eigenvalue weighted by molar-refractivity contribution is 0.187. The molecule has 1 aliphatic rings. The summed E-state index contributed by atoms with van der Waals surface area (Å²) >= 11 is 0. The Morgan fingerprint density at radius 2 is 2.08 bits per heavy atom. The first-order chi connectivity index (χ1) is 6.19. The fraction of sp³-hybridized carbons (Fsp3) is 1.00. The van der Waals surface area contributed by atoms with Crippen molar-refractivity contribution in [2.45, 2.75) is 70.8 Å². The van der Waals surface area contributed by atoms with Gasteiger partial charge in [0.1, 0.15) is 0 Å². The fourth-order valence-electron chi connectivity index (χ4n) is 2.51. The Hall–Kier alpha value is -0.0400. The smallest absolute Gasteiger partial charge is 0.0180 e. The molecule has 0 aliphatic heterocycles. The fourth-order valence-corrected chi connectivity index (χ4v) is 2.51. The van der Waals surface area contributed by atoms with Gasteiger partial charge in [-0.1, -0.05) is 46.0 Å². The second-order valence-corrected chi connectivity index (χ2v) is 4.84. The SMILES string of the molecule is CCCCCC1(N)CCCCC1C. The summed E-state index contributed by atoms with van der Waals surface area (Å²) in [7, 11) is 0. The summed E-state index contributed by atoms with van der Waals surface area (Å²) in [5.74, 6) is 0.748. The maximum atomic E-state index is 6.44. The Bertz CT molecular complexity index is 144. The third-order valence-electron chi connectivity index (χ3n) is 3.76. The Labute approximate surface area is 83.1 Å². The Morgan fingerprint density at radius 3 is 2.69 bits per heavy atom. The average Bonchev–Trinajstić information content (AvgIpc) is 2.11. The van der Waals surface area contributed by atoms with Crippen molar-refractivity contribution in [1.29, 1.82) is 0 Å². The molecule has 1 rings (SSSR count). The summed E-state index contributed by atoms with van der Waals surface area (Å²) in [5, 5.41) is 0.